The molecule has 0 atom stereocenters. The molecule has 7 nitrogen and oxygen atoms in total. The normalized spacial score (nSPS) is 15.3. The zero-order chi connectivity index (χ0) is 17.1. The molecule has 0 radical (unpaired) electrons. The molecule has 1 fully saturated rings. The topological polar surface area (TPSA) is 84.7 Å². The quantitative estimate of drug-likeness (QED) is 0.669. The average Bonchev–Trinajstić information content (AvgIpc) is 3.35. The van der Waals surface area contributed by atoms with Crippen molar-refractivity contribution in [3.8, 4) is 11.4 Å². The number of carbonyl (C=O) groups is 1. The molecule has 1 amide bonds. The summed E-state index contributed by atoms with van der Waals surface area (Å²) in [6, 6.07) is 7.53. The Labute approximate surface area is 173 Å². The van der Waals surface area contributed by atoms with Gasteiger partial charge in [0.2, 0.25) is 0 Å². The minimum absolute atomic E-state index is 0. The Hall–Kier alpha value is -2.00. The van der Waals surface area contributed by atoms with Gasteiger partial charge >= 0.3 is 0 Å². The fourth-order valence-electron chi connectivity index (χ4n) is 3.10. The predicted octanol–water partition coefficient (Wildman–Crippen LogP) is 2.96. The van der Waals surface area contributed by atoms with Gasteiger partial charge in [-0.05, 0) is 44.1 Å². The van der Waals surface area contributed by atoms with Crippen molar-refractivity contribution < 1.29 is 4.79 Å². The lowest BCUT2D eigenvalue weighted by Gasteiger charge is -2.36. The van der Waals surface area contributed by atoms with Crippen molar-refractivity contribution >= 4 is 47.2 Å². The second-order valence-corrected chi connectivity index (χ2v) is 6.80. The van der Waals surface area contributed by atoms with E-state index in [1.807, 2.05) is 35.8 Å². The fraction of sp³-hybridized carbons (Fsp3) is 0.294. The summed E-state index contributed by atoms with van der Waals surface area (Å²) < 4.78 is 1.77. The van der Waals surface area contributed by atoms with Crippen LogP contribution in [0.4, 0.5) is 5.13 Å². The monoisotopic (exact) mass is 426 g/mol. The molecule has 0 unspecified atom stereocenters. The summed E-state index contributed by atoms with van der Waals surface area (Å²) in [6.07, 6.45) is 6.68. The molecule has 2 N–H and O–H groups in total. The van der Waals surface area contributed by atoms with E-state index in [4.69, 9.17) is 0 Å². The highest BCUT2D eigenvalue weighted by Crippen LogP contribution is 2.30. The van der Waals surface area contributed by atoms with Crippen LogP contribution in [-0.2, 0) is 10.3 Å². The van der Waals surface area contributed by atoms with Gasteiger partial charge in [-0.15, -0.1) is 36.2 Å². The molecule has 0 aliphatic carbocycles. The Bertz CT molecular complexity index is 849. The fourth-order valence-corrected chi connectivity index (χ4v) is 3.80. The number of nitrogens with one attached hydrogen (secondary N) is 2. The van der Waals surface area contributed by atoms with Gasteiger partial charge in [-0.2, -0.15) is 5.10 Å². The standard InChI is InChI=1S/C17H18N6OS.2ClH/c24-15(17(5-9-18-10-6-17)23-11-3-8-20-23)22-16-21-14(12-25-16)13-4-1-2-7-19-13;;/h1-4,7-8,11-12,18H,5-6,9-10H2,(H,21,22,24);2*1H. The summed E-state index contributed by atoms with van der Waals surface area (Å²) in [6.45, 7) is 1.56. The predicted molar refractivity (Wildman–Crippen MR) is 111 cm³/mol. The van der Waals surface area contributed by atoms with Crippen LogP contribution < -0.4 is 10.6 Å². The number of piperidine rings is 1. The van der Waals surface area contributed by atoms with Crippen LogP contribution in [0.1, 0.15) is 12.8 Å². The van der Waals surface area contributed by atoms with E-state index in [9.17, 15) is 4.79 Å². The summed E-state index contributed by atoms with van der Waals surface area (Å²) in [7, 11) is 0. The highest BCUT2D eigenvalue weighted by molar-refractivity contribution is 7.14. The maximum atomic E-state index is 13.1. The minimum Gasteiger partial charge on any atom is -0.317 e. The summed E-state index contributed by atoms with van der Waals surface area (Å²) >= 11 is 1.40. The minimum atomic E-state index is -0.675. The lowest BCUT2D eigenvalue weighted by atomic mass is 9.87. The van der Waals surface area contributed by atoms with Crippen LogP contribution in [0.25, 0.3) is 11.4 Å². The smallest absolute Gasteiger partial charge is 0.254 e. The number of amides is 1. The van der Waals surface area contributed by atoms with Crippen molar-refractivity contribution in [1.82, 2.24) is 25.1 Å². The number of carbonyl (C=O) groups excluding carboxylic acids is 1. The number of anilines is 1. The van der Waals surface area contributed by atoms with Gasteiger partial charge in [0.15, 0.2) is 5.13 Å². The number of hydrogen-bond acceptors (Lipinski definition) is 6. The molecule has 10 heteroatoms. The highest BCUT2D eigenvalue weighted by Gasteiger charge is 2.42. The third-order valence-electron chi connectivity index (χ3n) is 4.45. The van der Waals surface area contributed by atoms with E-state index >= 15 is 0 Å². The molecule has 3 aromatic rings. The van der Waals surface area contributed by atoms with Crippen molar-refractivity contribution in [3.63, 3.8) is 0 Å². The SMILES string of the molecule is Cl.Cl.O=C(Nc1nc(-c2ccccn2)cs1)C1(n2cccn2)CCNCC1. The van der Waals surface area contributed by atoms with Gasteiger partial charge < -0.3 is 5.32 Å². The highest BCUT2D eigenvalue weighted by atomic mass is 35.5. The molecule has 0 aromatic carbocycles. The molecule has 144 valence electrons. The van der Waals surface area contributed by atoms with Gasteiger partial charge in [-0.25, -0.2) is 4.98 Å². The molecular weight excluding hydrogens is 407 g/mol. The molecule has 4 rings (SSSR count). The van der Waals surface area contributed by atoms with Gasteiger partial charge in [0, 0.05) is 24.0 Å². The van der Waals surface area contributed by atoms with E-state index in [0.29, 0.717) is 18.0 Å². The summed E-state index contributed by atoms with van der Waals surface area (Å²) in [4.78, 5) is 21.9. The van der Waals surface area contributed by atoms with Crippen LogP contribution >= 0.6 is 36.2 Å². The van der Waals surface area contributed by atoms with Gasteiger partial charge in [-0.1, -0.05) is 6.07 Å². The first-order valence-electron chi connectivity index (χ1n) is 8.17. The average molecular weight is 427 g/mol. The zero-order valence-electron chi connectivity index (χ0n) is 14.4. The molecule has 3 aromatic heterocycles. The van der Waals surface area contributed by atoms with E-state index in [1.165, 1.54) is 11.3 Å². The number of hydrogen-bond donors (Lipinski definition) is 2. The second kappa shape index (κ2) is 9.27. The van der Waals surface area contributed by atoms with Crippen LogP contribution in [0.5, 0.6) is 0 Å². The molecule has 4 heterocycles. The Morgan fingerprint density at radius 3 is 2.63 bits per heavy atom. The Morgan fingerprint density at radius 1 is 1.15 bits per heavy atom. The van der Waals surface area contributed by atoms with Gasteiger partial charge in [0.25, 0.3) is 5.91 Å². The number of pyridine rings is 1. The van der Waals surface area contributed by atoms with E-state index in [1.54, 1.807) is 17.1 Å². The molecule has 0 bridgehead atoms. The van der Waals surface area contributed by atoms with E-state index < -0.39 is 5.54 Å². The van der Waals surface area contributed by atoms with E-state index in [-0.39, 0.29) is 30.7 Å². The maximum absolute atomic E-state index is 13.1. The van der Waals surface area contributed by atoms with Crippen molar-refractivity contribution in [1.29, 1.82) is 0 Å². The summed E-state index contributed by atoms with van der Waals surface area (Å²) in [5.41, 5.74) is 0.883. The van der Waals surface area contributed by atoms with Crippen molar-refractivity contribution in [2.24, 2.45) is 0 Å². The van der Waals surface area contributed by atoms with Crippen LogP contribution in [0, 0.1) is 0 Å². The Balaban J connectivity index is 0.00000131. The van der Waals surface area contributed by atoms with E-state index in [0.717, 1.165) is 24.5 Å². The second-order valence-electron chi connectivity index (χ2n) is 5.94. The number of aromatic nitrogens is 4. The molecule has 0 spiro atoms. The molecule has 0 saturated carbocycles. The Kier molecular flexibility index (Phi) is 7.32. The van der Waals surface area contributed by atoms with Gasteiger partial charge in [0.05, 0.1) is 5.69 Å². The first-order chi connectivity index (χ1) is 12.3. The zero-order valence-corrected chi connectivity index (χ0v) is 16.8. The van der Waals surface area contributed by atoms with Gasteiger partial charge in [-0.3, -0.25) is 19.8 Å². The van der Waals surface area contributed by atoms with Crippen LogP contribution in [0.3, 0.4) is 0 Å². The molecule has 1 aliphatic rings. The van der Waals surface area contributed by atoms with Gasteiger partial charge in [0.1, 0.15) is 11.2 Å². The van der Waals surface area contributed by atoms with Crippen LogP contribution in [0.15, 0.2) is 48.2 Å². The number of rotatable bonds is 4. The van der Waals surface area contributed by atoms with Crippen molar-refractivity contribution in [2.75, 3.05) is 18.4 Å². The molecule has 1 saturated heterocycles. The summed E-state index contributed by atoms with van der Waals surface area (Å²) in [5, 5.41) is 13.1. The summed E-state index contributed by atoms with van der Waals surface area (Å²) in [5.74, 6) is -0.0698. The van der Waals surface area contributed by atoms with Crippen LogP contribution in [0.2, 0.25) is 0 Å². The van der Waals surface area contributed by atoms with E-state index in [2.05, 4.69) is 25.7 Å². The number of thiazole rings is 1. The molecular formula is C17H20Cl2N6OS. The molecule has 1 aliphatic heterocycles. The maximum Gasteiger partial charge on any atom is 0.254 e. The number of nitrogens with zero attached hydrogens (tertiary/aromatic N) is 4. The lowest BCUT2D eigenvalue weighted by Crippen LogP contribution is -2.52. The third-order valence-corrected chi connectivity index (χ3v) is 5.21. The largest absolute Gasteiger partial charge is 0.317 e. The first-order valence-corrected chi connectivity index (χ1v) is 9.05. The molecule has 27 heavy (non-hydrogen) atoms. The van der Waals surface area contributed by atoms with Crippen molar-refractivity contribution in [2.45, 2.75) is 18.4 Å². The van der Waals surface area contributed by atoms with Crippen LogP contribution in [-0.4, -0.2) is 38.7 Å². The number of halogens is 2. The lowest BCUT2D eigenvalue weighted by molar-refractivity contribution is -0.126. The first kappa shape index (κ1) is 21.3. The third kappa shape index (κ3) is 4.30. The van der Waals surface area contributed by atoms with Crippen molar-refractivity contribution in [3.05, 3.63) is 48.2 Å². The Morgan fingerprint density at radius 2 is 1.96 bits per heavy atom.